The summed E-state index contributed by atoms with van der Waals surface area (Å²) in [5.41, 5.74) is 7.34. The quantitative estimate of drug-likeness (QED) is 0.607. The van der Waals surface area contributed by atoms with Crippen molar-refractivity contribution in [3.8, 4) is 0 Å². The SMILES string of the molecule is CNc1cc(C2CC(NC(=O)Cc3c(C)nc(C)[nH]c3=O)C2)nc(N)n1. The molecule has 0 unspecified atom stereocenters. The van der Waals surface area contributed by atoms with Crippen molar-refractivity contribution in [2.24, 2.45) is 0 Å². The molecule has 0 saturated heterocycles. The molecular formula is C17H23N7O2. The van der Waals surface area contributed by atoms with E-state index < -0.39 is 0 Å². The molecule has 1 fully saturated rings. The summed E-state index contributed by atoms with van der Waals surface area (Å²) in [7, 11) is 1.78. The number of H-pyrrole nitrogens is 1. The van der Waals surface area contributed by atoms with Crippen LogP contribution in [0, 0.1) is 13.8 Å². The van der Waals surface area contributed by atoms with E-state index in [2.05, 4.69) is 30.6 Å². The lowest BCUT2D eigenvalue weighted by Gasteiger charge is -2.35. The number of nitrogens with two attached hydrogens (primary N) is 1. The molecule has 1 saturated carbocycles. The zero-order chi connectivity index (χ0) is 18.8. The molecule has 0 bridgehead atoms. The maximum atomic E-state index is 12.3. The zero-order valence-electron chi connectivity index (χ0n) is 15.1. The number of aryl methyl sites for hydroxylation is 2. The molecule has 2 aromatic rings. The minimum Gasteiger partial charge on any atom is -0.373 e. The number of carbonyl (C=O) groups excluding carboxylic acids is 1. The van der Waals surface area contributed by atoms with Crippen LogP contribution in [0.2, 0.25) is 0 Å². The molecule has 0 spiro atoms. The molecule has 138 valence electrons. The van der Waals surface area contributed by atoms with Crippen molar-refractivity contribution in [3.05, 3.63) is 39.2 Å². The van der Waals surface area contributed by atoms with Gasteiger partial charge in [0.25, 0.3) is 5.56 Å². The number of nitrogen functional groups attached to an aromatic ring is 1. The van der Waals surface area contributed by atoms with Gasteiger partial charge in [-0.3, -0.25) is 9.59 Å². The van der Waals surface area contributed by atoms with Gasteiger partial charge in [-0.15, -0.1) is 0 Å². The lowest BCUT2D eigenvalue weighted by molar-refractivity contribution is -0.121. The third-order valence-corrected chi connectivity index (χ3v) is 4.62. The molecular weight excluding hydrogens is 334 g/mol. The van der Waals surface area contributed by atoms with Crippen molar-refractivity contribution in [2.75, 3.05) is 18.1 Å². The standard InChI is InChI=1S/C17H23N7O2/c1-8-12(16(26)21-9(2)20-8)6-15(25)22-11-4-10(5-11)13-7-14(19-3)24-17(18)23-13/h7,10-11H,4-6H2,1-3H3,(H,22,25)(H,20,21,26)(H3,18,19,23,24). The molecule has 1 aliphatic rings. The highest BCUT2D eigenvalue weighted by atomic mass is 16.2. The Morgan fingerprint density at radius 2 is 2.04 bits per heavy atom. The highest BCUT2D eigenvalue weighted by Crippen LogP contribution is 2.36. The first-order chi connectivity index (χ1) is 12.4. The van der Waals surface area contributed by atoms with Crippen LogP contribution in [0.5, 0.6) is 0 Å². The van der Waals surface area contributed by atoms with Gasteiger partial charge in [0.2, 0.25) is 11.9 Å². The molecule has 0 radical (unpaired) electrons. The van der Waals surface area contributed by atoms with Crippen molar-refractivity contribution >= 4 is 17.7 Å². The number of carbonyl (C=O) groups is 1. The van der Waals surface area contributed by atoms with Crippen LogP contribution < -0.4 is 21.9 Å². The smallest absolute Gasteiger partial charge is 0.254 e. The number of nitrogens with zero attached hydrogens (tertiary/aromatic N) is 3. The van der Waals surface area contributed by atoms with E-state index in [1.807, 2.05) is 6.07 Å². The maximum Gasteiger partial charge on any atom is 0.254 e. The number of hydrogen-bond donors (Lipinski definition) is 4. The number of aromatic nitrogens is 4. The van der Waals surface area contributed by atoms with Gasteiger partial charge in [-0.2, -0.15) is 4.98 Å². The Labute approximate surface area is 150 Å². The van der Waals surface area contributed by atoms with Gasteiger partial charge in [-0.05, 0) is 26.7 Å². The second-order valence-corrected chi connectivity index (χ2v) is 6.61. The monoisotopic (exact) mass is 357 g/mol. The summed E-state index contributed by atoms with van der Waals surface area (Å²) in [4.78, 5) is 39.4. The summed E-state index contributed by atoms with van der Waals surface area (Å²) in [6, 6.07) is 1.94. The van der Waals surface area contributed by atoms with Gasteiger partial charge in [-0.1, -0.05) is 0 Å². The average Bonchev–Trinajstić information content (AvgIpc) is 2.53. The predicted molar refractivity (Wildman–Crippen MR) is 97.9 cm³/mol. The van der Waals surface area contributed by atoms with Crippen molar-refractivity contribution in [1.82, 2.24) is 25.3 Å². The van der Waals surface area contributed by atoms with Crippen LogP contribution in [0.25, 0.3) is 0 Å². The topological polar surface area (TPSA) is 139 Å². The Balaban J connectivity index is 1.57. The Bertz CT molecular complexity index is 887. The number of amides is 1. The Morgan fingerprint density at radius 3 is 2.69 bits per heavy atom. The second kappa shape index (κ2) is 7.11. The van der Waals surface area contributed by atoms with E-state index in [0.29, 0.717) is 22.9 Å². The molecule has 0 aromatic carbocycles. The van der Waals surface area contributed by atoms with Crippen LogP contribution in [0.1, 0.15) is 41.5 Å². The highest BCUT2D eigenvalue weighted by molar-refractivity contribution is 5.79. The molecule has 2 heterocycles. The van der Waals surface area contributed by atoms with E-state index in [0.717, 1.165) is 18.5 Å². The van der Waals surface area contributed by atoms with Crippen LogP contribution in [-0.4, -0.2) is 38.9 Å². The fraction of sp³-hybridized carbons (Fsp3) is 0.471. The maximum absolute atomic E-state index is 12.3. The van der Waals surface area contributed by atoms with E-state index in [1.54, 1.807) is 20.9 Å². The summed E-state index contributed by atoms with van der Waals surface area (Å²) >= 11 is 0. The van der Waals surface area contributed by atoms with E-state index in [9.17, 15) is 9.59 Å². The molecule has 9 heteroatoms. The van der Waals surface area contributed by atoms with Gasteiger partial charge >= 0.3 is 0 Å². The Kier molecular flexibility index (Phi) is 4.88. The number of aromatic amines is 1. The molecule has 1 aliphatic carbocycles. The van der Waals surface area contributed by atoms with Crippen molar-refractivity contribution < 1.29 is 4.79 Å². The van der Waals surface area contributed by atoms with Crippen molar-refractivity contribution in [1.29, 1.82) is 0 Å². The highest BCUT2D eigenvalue weighted by Gasteiger charge is 2.33. The summed E-state index contributed by atoms with van der Waals surface area (Å²) in [5.74, 6) is 1.53. The molecule has 9 nitrogen and oxygen atoms in total. The molecule has 1 amide bonds. The molecule has 5 N–H and O–H groups in total. The van der Waals surface area contributed by atoms with Crippen molar-refractivity contribution in [2.45, 2.75) is 45.1 Å². The molecule has 2 aromatic heterocycles. The number of hydrogen-bond acceptors (Lipinski definition) is 7. The summed E-state index contributed by atoms with van der Waals surface area (Å²) in [6.45, 7) is 3.45. The first kappa shape index (κ1) is 17.8. The fourth-order valence-electron chi connectivity index (χ4n) is 3.20. The third-order valence-electron chi connectivity index (χ3n) is 4.62. The molecule has 0 atom stereocenters. The van der Waals surface area contributed by atoms with Gasteiger partial charge in [-0.25, -0.2) is 9.97 Å². The Hall–Kier alpha value is -2.97. The van der Waals surface area contributed by atoms with Crippen LogP contribution >= 0.6 is 0 Å². The lowest BCUT2D eigenvalue weighted by atomic mass is 9.78. The molecule has 26 heavy (non-hydrogen) atoms. The Morgan fingerprint density at radius 1 is 1.31 bits per heavy atom. The normalized spacial score (nSPS) is 18.9. The van der Waals surface area contributed by atoms with Crippen molar-refractivity contribution in [3.63, 3.8) is 0 Å². The van der Waals surface area contributed by atoms with E-state index in [4.69, 9.17) is 5.73 Å². The molecule has 3 rings (SSSR count). The summed E-state index contributed by atoms with van der Waals surface area (Å²) < 4.78 is 0. The first-order valence-corrected chi connectivity index (χ1v) is 8.53. The van der Waals surface area contributed by atoms with Crippen LogP contribution in [0.3, 0.4) is 0 Å². The van der Waals surface area contributed by atoms with Crippen LogP contribution in [0.4, 0.5) is 11.8 Å². The van der Waals surface area contributed by atoms with Crippen LogP contribution in [-0.2, 0) is 11.2 Å². The average molecular weight is 357 g/mol. The van der Waals surface area contributed by atoms with E-state index in [-0.39, 0.29) is 35.8 Å². The minimum absolute atomic E-state index is 0.0277. The first-order valence-electron chi connectivity index (χ1n) is 8.53. The van der Waals surface area contributed by atoms with Crippen LogP contribution in [0.15, 0.2) is 10.9 Å². The molecule has 0 aliphatic heterocycles. The third kappa shape index (κ3) is 3.81. The van der Waals surface area contributed by atoms with Gasteiger partial charge in [0, 0.05) is 36.3 Å². The van der Waals surface area contributed by atoms with Gasteiger partial charge < -0.3 is 21.4 Å². The lowest BCUT2D eigenvalue weighted by Crippen LogP contribution is -2.44. The minimum atomic E-state index is -0.257. The van der Waals surface area contributed by atoms with Gasteiger partial charge in [0.1, 0.15) is 11.6 Å². The summed E-state index contributed by atoms with van der Waals surface area (Å²) in [6.07, 6.45) is 1.60. The predicted octanol–water partition coefficient (Wildman–Crippen LogP) is 0.406. The van der Waals surface area contributed by atoms with E-state index >= 15 is 0 Å². The number of anilines is 2. The summed E-state index contributed by atoms with van der Waals surface area (Å²) in [5, 5.41) is 5.92. The number of rotatable bonds is 5. The van der Waals surface area contributed by atoms with Gasteiger partial charge in [0.15, 0.2) is 0 Å². The fourth-order valence-corrected chi connectivity index (χ4v) is 3.20. The number of nitrogens with one attached hydrogen (secondary N) is 3. The van der Waals surface area contributed by atoms with E-state index in [1.165, 1.54) is 0 Å². The van der Waals surface area contributed by atoms with Gasteiger partial charge in [0.05, 0.1) is 12.1 Å². The second-order valence-electron chi connectivity index (χ2n) is 6.61. The largest absolute Gasteiger partial charge is 0.373 e. The zero-order valence-corrected chi connectivity index (χ0v) is 15.1.